The van der Waals surface area contributed by atoms with Gasteiger partial charge in [-0.25, -0.2) is 17.9 Å². The molecule has 8 amide bonds. The predicted octanol–water partition coefficient (Wildman–Crippen LogP) is 4.75. The fourth-order valence-corrected chi connectivity index (χ4v) is 13.9. The van der Waals surface area contributed by atoms with Gasteiger partial charge in [0.1, 0.15) is 5.78 Å². The van der Waals surface area contributed by atoms with E-state index in [0.29, 0.717) is 50.6 Å². The molecule has 2 heterocycles. The highest BCUT2D eigenvalue weighted by Gasteiger charge is 2.48. The van der Waals surface area contributed by atoms with Gasteiger partial charge < -0.3 is 49.9 Å². The summed E-state index contributed by atoms with van der Waals surface area (Å²) in [6.07, 6.45) is 4.10. The predicted molar refractivity (Wildman–Crippen MR) is 348 cm³/mol. The van der Waals surface area contributed by atoms with Gasteiger partial charge in [-0.15, -0.1) is 0 Å². The molecule has 10 atom stereocenters. The number of likely N-dealkylation sites (tertiary alicyclic amines) is 1. The summed E-state index contributed by atoms with van der Waals surface area (Å²) < 4.78 is 58.6. The highest BCUT2D eigenvalue weighted by molar-refractivity contribution is 7.90. The standard InChI is InChI=1S/C67H108N8O17S/c1-15-45(8)61(73(12)65(84)51(43(4)5)39-54(77)60(44(6)7)72(10)11)56(88-13)40-59(81)74-30-17-19-53(74)62(89-14)46(9)63(82)71-93(86,87)49-22-20-47(21-23-49)67(27-28-67)41-55(78)52(18-16-29-69-66(68)85)70-64(83)50(42(2)3)38-48(76)26-32-90-34-36-92-37-35-91-33-31-75-57(79)24-25-58(75)80/h20-25,42-46,50-53,56,60-62H,15-19,26-41H2,1-14H3,(H,70,83)(H,71,82)(H3,68,69,85)/t45-,46+,50-,51-,52-,53-,56+,60-,61-,62+/m0/s1. The van der Waals surface area contributed by atoms with Crippen LogP contribution in [0.2, 0.25) is 0 Å². The first-order valence-corrected chi connectivity index (χ1v) is 34.5. The van der Waals surface area contributed by atoms with Crippen LogP contribution >= 0.6 is 0 Å². The number of amides is 8. The molecule has 25 nitrogen and oxygen atoms in total. The highest BCUT2D eigenvalue weighted by atomic mass is 32.2. The Bertz CT molecular complexity index is 2800. The number of ether oxygens (including phenoxy) is 5. The number of benzene rings is 1. The minimum Gasteiger partial charge on any atom is -0.379 e. The van der Waals surface area contributed by atoms with Gasteiger partial charge >= 0.3 is 6.03 Å². The van der Waals surface area contributed by atoms with Gasteiger partial charge in [-0.05, 0) is 94.0 Å². The second-order valence-corrected chi connectivity index (χ2v) is 28.2. The number of carbonyl (C=O) groups is 10. The van der Waals surface area contributed by atoms with Gasteiger partial charge in [-0.1, -0.05) is 80.9 Å². The summed E-state index contributed by atoms with van der Waals surface area (Å²) in [6, 6.07) is 2.75. The van der Waals surface area contributed by atoms with Gasteiger partial charge in [-0.2, -0.15) is 0 Å². The van der Waals surface area contributed by atoms with E-state index in [1.165, 1.54) is 38.5 Å². The van der Waals surface area contributed by atoms with Crippen LogP contribution in [0.25, 0.3) is 0 Å². The molecule has 0 aromatic heterocycles. The summed E-state index contributed by atoms with van der Waals surface area (Å²) in [5, 5.41) is 5.41. The first kappa shape index (κ1) is 79.4. The van der Waals surface area contributed by atoms with E-state index in [2.05, 4.69) is 15.4 Å². The van der Waals surface area contributed by atoms with Crippen molar-refractivity contribution in [2.75, 3.05) is 94.6 Å². The van der Waals surface area contributed by atoms with Crippen molar-refractivity contribution in [1.82, 2.24) is 35.0 Å². The van der Waals surface area contributed by atoms with Gasteiger partial charge in [0.05, 0.1) is 99.8 Å². The SMILES string of the molecule is CC[C@H](C)[C@@H]([C@@H](CC(=O)N1CCC[C@H]1[C@H](OC)[C@@H](C)C(=O)NS(=O)(=O)c1ccc(C2(CC(=O)[C@H](CCCNC(N)=O)NC(=O)[C@@H](CC(=O)CCOCCOCCOCCN3C(=O)C=CC3=O)C(C)C)CC2)cc1)OC)N(C)C(=O)[C@@H](CC(=O)[C@H](C(C)C)N(C)C)C(C)C. The maximum atomic E-state index is 14.5. The number of likely N-dealkylation sites (N-methyl/N-ethyl adjacent to an activating group) is 2. The minimum absolute atomic E-state index is 0.000661. The Morgan fingerprint density at radius 3 is 1.86 bits per heavy atom. The normalized spacial score (nSPS) is 18.5. The number of sulfonamides is 1. The maximum absolute atomic E-state index is 14.5. The molecule has 1 aliphatic carbocycles. The number of hydrogen-bond acceptors (Lipinski definition) is 18. The van der Waals surface area contributed by atoms with E-state index in [-0.39, 0.29) is 167 Å². The molecule has 5 N–H and O–H groups in total. The molecule has 93 heavy (non-hydrogen) atoms. The monoisotopic (exact) mass is 1330 g/mol. The van der Waals surface area contributed by atoms with Gasteiger partial charge in [0, 0.05) is 89.4 Å². The van der Waals surface area contributed by atoms with Crippen LogP contribution in [0.5, 0.6) is 0 Å². The Hall–Kier alpha value is -6.03. The molecule has 1 saturated carbocycles. The van der Waals surface area contributed by atoms with E-state index >= 15 is 0 Å². The van der Waals surface area contributed by atoms with Crippen molar-refractivity contribution in [2.45, 2.75) is 186 Å². The fourth-order valence-electron chi connectivity index (χ4n) is 12.8. The van der Waals surface area contributed by atoms with E-state index in [1.807, 2.05) is 74.4 Å². The number of Topliss-reactive ketones (excluding diaryl/α,β-unsaturated/α-hetero) is 3. The highest BCUT2D eigenvalue weighted by Crippen LogP contribution is 2.51. The number of primary amides is 1. The third kappa shape index (κ3) is 23.4. The lowest BCUT2D eigenvalue weighted by Gasteiger charge is -2.41. The molecule has 26 heteroatoms. The van der Waals surface area contributed by atoms with Crippen LogP contribution in [0.1, 0.15) is 145 Å². The average molecular weight is 1330 g/mol. The van der Waals surface area contributed by atoms with Crippen LogP contribution in [0.15, 0.2) is 41.3 Å². The van der Waals surface area contributed by atoms with Crippen LogP contribution in [-0.4, -0.2) is 218 Å². The third-order valence-corrected chi connectivity index (χ3v) is 20.0. The van der Waals surface area contributed by atoms with Crippen molar-refractivity contribution in [3.8, 4) is 0 Å². The molecule has 4 rings (SSSR count). The van der Waals surface area contributed by atoms with Crippen molar-refractivity contribution >= 4 is 68.8 Å². The van der Waals surface area contributed by atoms with Gasteiger partial charge in [-0.3, -0.25) is 53.0 Å². The number of nitrogens with zero attached hydrogens (tertiary/aromatic N) is 4. The van der Waals surface area contributed by atoms with Crippen molar-refractivity contribution in [1.29, 1.82) is 0 Å². The van der Waals surface area contributed by atoms with Gasteiger partial charge in [0.25, 0.3) is 21.8 Å². The van der Waals surface area contributed by atoms with Crippen molar-refractivity contribution in [3.05, 3.63) is 42.0 Å². The number of methoxy groups -OCH3 is 2. The topological polar surface area (TPSA) is 326 Å². The van der Waals surface area contributed by atoms with E-state index in [4.69, 9.17) is 29.4 Å². The van der Waals surface area contributed by atoms with Crippen molar-refractivity contribution in [2.24, 2.45) is 47.2 Å². The Morgan fingerprint density at radius 1 is 0.742 bits per heavy atom. The molecule has 0 spiro atoms. The summed E-state index contributed by atoms with van der Waals surface area (Å²) in [6.45, 7) is 18.9. The Labute approximate surface area is 551 Å². The summed E-state index contributed by atoms with van der Waals surface area (Å²) in [7, 11) is 3.91. The van der Waals surface area contributed by atoms with Gasteiger partial charge in [0.15, 0.2) is 11.6 Å². The number of ketones is 3. The first-order chi connectivity index (χ1) is 43.9. The number of urea groups is 1. The minimum atomic E-state index is -4.45. The number of rotatable bonds is 45. The molecule has 0 bridgehead atoms. The summed E-state index contributed by atoms with van der Waals surface area (Å²) in [5.41, 5.74) is 5.31. The second-order valence-electron chi connectivity index (χ2n) is 26.5. The lowest BCUT2D eigenvalue weighted by Crippen LogP contribution is -2.54. The first-order valence-electron chi connectivity index (χ1n) is 33.0. The lowest BCUT2D eigenvalue weighted by atomic mass is 9.83. The van der Waals surface area contributed by atoms with Crippen molar-refractivity contribution < 1.29 is 80.0 Å². The number of nitrogens with one attached hydrogen (secondary N) is 3. The zero-order valence-corrected chi connectivity index (χ0v) is 58.4. The zero-order chi connectivity index (χ0) is 69.5. The Kier molecular flexibility index (Phi) is 32.4. The van der Waals surface area contributed by atoms with E-state index < -0.39 is 81.4 Å². The fraction of sp³-hybridized carbons (Fsp3) is 0.731. The summed E-state index contributed by atoms with van der Waals surface area (Å²) in [4.78, 5) is 139. The smallest absolute Gasteiger partial charge is 0.312 e. The maximum Gasteiger partial charge on any atom is 0.312 e. The van der Waals surface area contributed by atoms with Crippen molar-refractivity contribution in [3.63, 3.8) is 0 Å². The summed E-state index contributed by atoms with van der Waals surface area (Å²) >= 11 is 0. The van der Waals surface area contributed by atoms with E-state index in [1.54, 1.807) is 35.9 Å². The van der Waals surface area contributed by atoms with Crippen LogP contribution < -0.4 is 21.1 Å². The molecule has 2 fully saturated rings. The van der Waals surface area contributed by atoms with Crippen LogP contribution in [-0.2, 0) is 82.3 Å². The molecular weight excluding hydrogens is 1220 g/mol. The van der Waals surface area contributed by atoms with Crippen LogP contribution in [0.4, 0.5) is 4.79 Å². The number of imide groups is 1. The number of nitrogens with two attached hydrogens (primary N) is 1. The molecule has 3 aliphatic rings. The second kappa shape index (κ2) is 37.9. The lowest BCUT2D eigenvalue weighted by molar-refractivity contribution is -0.149. The molecular formula is C67H108N8O17S. The number of carbonyl (C=O) groups excluding carboxylic acids is 10. The van der Waals surface area contributed by atoms with Crippen LogP contribution in [0.3, 0.4) is 0 Å². The molecule has 524 valence electrons. The average Bonchev–Trinajstić information content (AvgIpc) is 1.63. The molecule has 0 unspecified atom stereocenters. The third-order valence-electron chi connectivity index (χ3n) is 18.6. The Morgan fingerprint density at radius 2 is 1.33 bits per heavy atom. The molecule has 1 aromatic rings. The zero-order valence-electron chi connectivity index (χ0n) is 57.5. The Balaban J connectivity index is 1.36. The largest absolute Gasteiger partial charge is 0.379 e. The van der Waals surface area contributed by atoms with Crippen LogP contribution in [0, 0.1) is 41.4 Å². The molecule has 1 saturated heterocycles. The molecule has 1 aromatic carbocycles. The van der Waals surface area contributed by atoms with E-state index in [0.717, 1.165) is 4.90 Å². The number of hydrogen-bond donors (Lipinski definition) is 4. The quantitative estimate of drug-likeness (QED) is 0.0506. The molecule has 0 radical (unpaired) electrons. The van der Waals surface area contributed by atoms with Gasteiger partial charge in [0.2, 0.25) is 23.6 Å². The van der Waals surface area contributed by atoms with E-state index in [9.17, 15) is 56.4 Å². The summed E-state index contributed by atoms with van der Waals surface area (Å²) in [5.74, 6) is -5.94. The molecule has 2 aliphatic heterocycles.